The van der Waals surface area contributed by atoms with Crippen molar-refractivity contribution in [2.75, 3.05) is 0 Å². The summed E-state index contributed by atoms with van der Waals surface area (Å²) in [6, 6.07) is 8.68. The molecule has 0 saturated carbocycles. The molecule has 0 bridgehead atoms. The third kappa shape index (κ3) is 4.07. The van der Waals surface area contributed by atoms with E-state index in [1.54, 1.807) is 11.3 Å². The van der Waals surface area contributed by atoms with Crippen LogP contribution in [0.15, 0.2) is 24.3 Å². The largest absolute Gasteiger partial charge is 0.388 e. The monoisotopic (exact) mass is 329 g/mol. The van der Waals surface area contributed by atoms with E-state index in [-0.39, 0.29) is 0 Å². The van der Waals surface area contributed by atoms with Gasteiger partial charge >= 0.3 is 4.96 Å². The van der Waals surface area contributed by atoms with Gasteiger partial charge in [0.15, 0.2) is 11.2 Å². The van der Waals surface area contributed by atoms with E-state index >= 15 is 0 Å². The van der Waals surface area contributed by atoms with Crippen LogP contribution in [0.25, 0.3) is 15.2 Å². The summed E-state index contributed by atoms with van der Waals surface area (Å²) in [7, 11) is -4.69. The van der Waals surface area contributed by atoms with Gasteiger partial charge in [-0.15, -0.1) is 0 Å². The molecule has 0 spiro atoms. The van der Waals surface area contributed by atoms with Crippen molar-refractivity contribution >= 4 is 26.5 Å². The molecule has 2 heterocycles. The van der Waals surface area contributed by atoms with Crippen molar-refractivity contribution in [2.24, 2.45) is 0 Å². The number of halogens is 1. The van der Waals surface area contributed by atoms with Gasteiger partial charge < -0.3 is 0 Å². The van der Waals surface area contributed by atoms with Crippen LogP contribution in [0.4, 0.5) is 0 Å². The minimum atomic E-state index is -4.69. The third-order valence-corrected chi connectivity index (χ3v) is 3.79. The Bertz CT molecular complexity index is 792. The van der Waals surface area contributed by atoms with Crippen molar-refractivity contribution in [1.82, 2.24) is 4.98 Å². The normalized spacial score (nSPS) is 11.6. The average Bonchev–Trinajstić information content (AvgIpc) is 2.63. The van der Waals surface area contributed by atoms with Crippen molar-refractivity contribution in [3.8, 4) is 0 Å². The molecule has 0 fully saturated rings. The first kappa shape index (κ1) is 16.0. The second-order valence-electron chi connectivity index (χ2n) is 4.63. The zero-order valence-corrected chi connectivity index (χ0v) is 13.2. The van der Waals surface area contributed by atoms with Crippen LogP contribution in [0.1, 0.15) is 17.0 Å². The molecule has 0 unspecified atom stereocenters. The highest BCUT2D eigenvalue weighted by Crippen LogP contribution is 2.22. The molecule has 0 atom stereocenters. The summed E-state index contributed by atoms with van der Waals surface area (Å²) in [5, 5.41) is 0. The summed E-state index contributed by atoms with van der Waals surface area (Å²) < 4.78 is 36.3. The lowest BCUT2D eigenvalue weighted by Gasteiger charge is -2.03. The van der Waals surface area contributed by atoms with E-state index in [2.05, 4.69) is 47.5 Å². The molecule has 0 aliphatic heterocycles. The maximum Gasteiger partial charge on any atom is 0.388 e. The second kappa shape index (κ2) is 5.80. The number of nitrogens with zero attached hydrogens (tertiary/aromatic N) is 2. The molecule has 2 aromatic heterocycles. The van der Waals surface area contributed by atoms with E-state index in [0.717, 1.165) is 10.7 Å². The Morgan fingerprint density at radius 1 is 1.14 bits per heavy atom. The van der Waals surface area contributed by atoms with E-state index in [1.807, 2.05) is 6.92 Å². The molecular weight excluding hydrogens is 316 g/mol. The molecule has 0 amide bonds. The number of benzene rings is 1. The number of rotatable bonds is 0. The number of aromatic nitrogens is 2. The number of thiazole rings is 1. The molecule has 0 aliphatic rings. The quantitative estimate of drug-likeness (QED) is 0.523. The molecule has 8 heteroatoms. The predicted molar refractivity (Wildman–Crippen MR) is 69.2 cm³/mol. The highest BCUT2D eigenvalue weighted by atomic mass is 35.7. The van der Waals surface area contributed by atoms with E-state index in [4.69, 9.17) is 18.6 Å². The van der Waals surface area contributed by atoms with Gasteiger partial charge in [0.2, 0.25) is 0 Å². The smallest absolute Gasteiger partial charge is 0.183 e. The molecule has 112 valence electrons. The summed E-state index contributed by atoms with van der Waals surface area (Å²) in [4.78, 5) is 5.67. The van der Waals surface area contributed by atoms with Crippen LogP contribution in [-0.2, 0) is 0 Å². The van der Waals surface area contributed by atoms with Gasteiger partial charge in [-0.3, -0.25) is 0 Å². The molecular formula is C13H14ClN2O4S+. The molecule has 3 rings (SSSR count). The Morgan fingerprint density at radius 2 is 1.76 bits per heavy atom. The summed E-state index contributed by atoms with van der Waals surface area (Å²) in [5.41, 5.74) is 4.89. The van der Waals surface area contributed by atoms with Crippen molar-refractivity contribution in [3.05, 3.63) is 41.2 Å². The molecule has 0 saturated heterocycles. The van der Waals surface area contributed by atoms with E-state index in [1.165, 1.54) is 21.5 Å². The standard InChI is InChI=1S/C13H13N2S.ClHO4/c1-8-4-5-11-12(6-8)16-13-14-9(2)7-10(3)15(11)13;2-1(3,4)5/h4-7H,1-3H3;(H,2,3,4,5)/q+1;. The Balaban J connectivity index is 0.000000282. The molecule has 6 nitrogen and oxygen atoms in total. The zero-order chi connectivity index (χ0) is 15.8. The fourth-order valence-electron chi connectivity index (χ4n) is 2.10. The van der Waals surface area contributed by atoms with Gasteiger partial charge in [0.25, 0.3) is 0 Å². The Labute approximate surface area is 127 Å². The van der Waals surface area contributed by atoms with Gasteiger partial charge in [-0.2, -0.15) is 18.4 Å². The number of aryl methyl sites for hydroxylation is 3. The number of hydrogen-bond acceptors (Lipinski definition) is 6. The predicted octanol–water partition coefficient (Wildman–Crippen LogP) is -1.16. The van der Waals surface area contributed by atoms with Gasteiger partial charge in [-0.05, 0) is 47.9 Å². The van der Waals surface area contributed by atoms with Crippen molar-refractivity contribution in [1.29, 1.82) is 0 Å². The van der Waals surface area contributed by atoms with Gasteiger partial charge in [-0.1, -0.05) is 6.07 Å². The van der Waals surface area contributed by atoms with Gasteiger partial charge in [-0.25, -0.2) is 0 Å². The topological polar surface area (TPSA) is 106 Å². The van der Waals surface area contributed by atoms with Crippen LogP contribution in [0, 0.1) is 31.0 Å². The molecule has 3 aromatic rings. The molecule has 1 aromatic carbocycles. The van der Waals surface area contributed by atoms with Gasteiger partial charge in [0.1, 0.15) is 5.69 Å². The Kier molecular flexibility index (Phi) is 4.43. The summed E-state index contributed by atoms with van der Waals surface area (Å²) >= 11 is 1.76. The summed E-state index contributed by atoms with van der Waals surface area (Å²) in [6.45, 7) is 6.30. The first-order valence-corrected chi connectivity index (χ1v) is 8.05. The van der Waals surface area contributed by atoms with Gasteiger partial charge in [0, 0.05) is 13.0 Å². The average molecular weight is 330 g/mol. The third-order valence-electron chi connectivity index (χ3n) is 2.79. The maximum atomic E-state index is 8.60. The minimum absolute atomic E-state index is 1.08. The van der Waals surface area contributed by atoms with E-state index in [0.29, 0.717) is 0 Å². The highest BCUT2D eigenvalue weighted by molar-refractivity contribution is 7.22. The Morgan fingerprint density at radius 3 is 2.38 bits per heavy atom. The van der Waals surface area contributed by atoms with Crippen LogP contribution in [0.2, 0.25) is 0 Å². The molecule has 1 N–H and O–H groups in total. The molecule has 0 radical (unpaired) electrons. The van der Waals surface area contributed by atoms with Gasteiger partial charge in [0.05, 0.1) is 19.6 Å². The number of fused-ring (bicyclic) bond motifs is 3. The van der Waals surface area contributed by atoms with E-state index in [9.17, 15) is 0 Å². The first-order valence-electron chi connectivity index (χ1n) is 5.97. The van der Waals surface area contributed by atoms with Crippen LogP contribution in [0.5, 0.6) is 0 Å². The van der Waals surface area contributed by atoms with Crippen molar-refractivity contribution in [3.63, 3.8) is 0 Å². The molecule has 21 heavy (non-hydrogen) atoms. The lowest BCUT2D eigenvalue weighted by atomic mass is 10.2. The number of hydrogen-bond donors (Lipinski definition) is 1. The van der Waals surface area contributed by atoms with Crippen LogP contribution in [0.3, 0.4) is 0 Å². The lowest BCUT2D eigenvalue weighted by Crippen LogP contribution is -2.58. The van der Waals surface area contributed by atoms with Crippen LogP contribution < -0.4 is 18.4 Å². The molecule has 0 aliphatic carbocycles. The zero-order valence-electron chi connectivity index (χ0n) is 11.7. The first-order chi connectivity index (χ1) is 9.65. The van der Waals surface area contributed by atoms with Crippen molar-refractivity contribution < 1.29 is 33.3 Å². The Hall–Kier alpha value is -1.35. The second-order valence-corrected chi connectivity index (χ2v) is 6.43. The van der Waals surface area contributed by atoms with Crippen LogP contribution in [-0.4, -0.2) is 9.64 Å². The maximum absolute atomic E-state index is 8.60. The SMILES string of the molecule is Cc1ccc2c(c1)sc1nc(C)cc(C)[n+]12.[O-][Cl+3]([O-])([O-])O. The van der Waals surface area contributed by atoms with Crippen molar-refractivity contribution in [2.45, 2.75) is 20.8 Å². The lowest BCUT2D eigenvalue weighted by molar-refractivity contribution is -1.92. The summed E-state index contributed by atoms with van der Waals surface area (Å²) in [6.07, 6.45) is 0. The summed E-state index contributed by atoms with van der Waals surface area (Å²) in [5.74, 6) is 0. The van der Waals surface area contributed by atoms with E-state index < -0.39 is 10.2 Å². The highest BCUT2D eigenvalue weighted by Gasteiger charge is 2.16. The van der Waals surface area contributed by atoms with Crippen LogP contribution >= 0.6 is 11.3 Å². The fourth-order valence-corrected chi connectivity index (χ4v) is 3.33. The fraction of sp³-hybridized carbons (Fsp3) is 0.231. The minimum Gasteiger partial charge on any atom is -0.183 e.